The van der Waals surface area contributed by atoms with Gasteiger partial charge in [0.15, 0.2) is 5.76 Å². The van der Waals surface area contributed by atoms with Crippen LogP contribution in [0.5, 0.6) is 0 Å². The van der Waals surface area contributed by atoms with Gasteiger partial charge in [0.1, 0.15) is 10.6 Å². The average molecular weight is 364 g/mol. The largest absolute Gasteiger partial charge is 0.399 e. The molecule has 0 aliphatic carbocycles. The second-order valence-electron chi connectivity index (χ2n) is 6.43. The number of rotatable bonds is 4. The molecule has 0 bridgehead atoms. The minimum Gasteiger partial charge on any atom is -0.399 e. The van der Waals surface area contributed by atoms with E-state index in [0.717, 1.165) is 30.8 Å². The summed E-state index contributed by atoms with van der Waals surface area (Å²) < 4.78 is 32.5. The highest BCUT2D eigenvalue weighted by Crippen LogP contribution is 2.24. The maximum Gasteiger partial charge on any atom is 0.248 e. The van der Waals surface area contributed by atoms with E-state index in [2.05, 4.69) is 10.1 Å². The molecule has 0 unspecified atom stereocenters. The van der Waals surface area contributed by atoms with Crippen LogP contribution < -0.4 is 5.73 Å². The number of nitrogens with zero attached hydrogens (tertiary/aromatic N) is 3. The normalized spacial score (nSPS) is 17.5. The second-order valence-corrected chi connectivity index (χ2v) is 8.31. The summed E-state index contributed by atoms with van der Waals surface area (Å²) in [5.74, 6) is 0.346. The number of benzene rings is 1. The van der Waals surface area contributed by atoms with Gasteiger partial charge in [0.25, 0.3) is 0 Å². The molecular formula is C17H24N4O3S. The maximum absolute atomic E-state index is 12.9. The lowest BCUT2D eigenvalue weighted by molar-refractivity contribution is 0.278. The quantitative estimate of drug-likeness (QED) is 0.831. The summed E-state index contributed by atoms with van der Waals surface area (Å²) in [7, 11) is -3.58. The van der Waals surface area contributed by atoms with Crippen LogP contribution in [0.4, 0.5) is 5.69 Å². The summed E-state index contributed by atoms with van der Waals surface area (Å²) in [5.41, 5.74) is 8.14. The van der Waals surface area contributed by atoms with Gasteiger partial charge in [0, 0.05) is 31.9 Å². The molecule has 1 aliphatic heterocycles. The molecule has 0 atom stereocenters. The molecule has 1 saturated heterocycles. The fourth-order valence-electron chi connectivity index (χ4n) is 3.27. The molecule has 2 N–H and O–H groups in total. The van der Waals surface area contributed by atoms with Crippen molar-refractivity contribution in [2.45, 2.75) is 31.7 Å². The third kappa shape index (κ3) is 3.86. The summed E-state index contributed by atoms with van der Waals surface area (Å²) in [6.07, 6.45) is 0.783. The van der Waals surface area contributed by atoms with Crippen molar-refractivity contribution in [3.63, 3.8) is 0 Å². The van der Waals surface area contributed by atoms with Crippen molar-refractivity contribution >= 4 is 15.7 Å². The van der Waals surface area contributed by atoms with Crippen LogP contribution in [0.1, 0.15) is 23.4 Å². The number of anilines is 1. The Labute approximate surface area is 148 Å². The zero-order chi connectivity index (χ0) is 18.0. The van der Waals surface area contributed by atoms with Gasteiger partial charge in [-0.15, -0.1) is 0 Å². The minimum absolute atomic E-state index is 0.205. The van der Waals surface area contributed by atoms with E-state index in [-0.39, 0.29) is 4.90 Å². The van der Waals surface area contributed by atoms with Crippen molar-refractivity contribution < 1.29 is 12.9 Å². The Morgan fingerprint density at radius 2 is 2.00 bits per heavy atom. The van der Waals surface area contributed by atoms with Gasteiger partial charge in [-0.25, -0.2) is 8.42 Å². The highest BCUT2D eigenvalue weighted by Gasteiger charge is 2.32. The first-order chi connectivity index (χ1) is 11.9. The molecule has 136 valence electrons. The number of nitrogens with two attached hydrogens (primary N) is 1. The van der Waals surface area contributed by atoms with E-state index in [0.29, 0.717) is 31.1 Å². The lowest BCUT2D eigenvalue weighted by Gasteiger charge is -2.21. The van der Waals surface area contributed by atoms with Gasteiger partial charge in [-0.05, 0) is 44.5 Å². The van der Waals surface area contributed by atoms with Crippen LogP contribution in [0.15, 0.2) is 33.7 Å². The first-order valence-electron chi connectivity index (χ1n) is 8.38. The average Bonchev–Trinajstić information content (AvgIpc) is 2.75. The van der Waals surface area contributed by atoms with Gasteiger partial charge in [-0.2, -0.15) is 4.31 Å². The number of aromatic nitrogens is 1. The molecule has 2 heterocycles. The van der Waals surface area contributed by atoms with E-state index in [1.54, 1.807) is 18.2 Å². The molecule has 7 nitrogen and oxygen atoms in total. The Balaban J connectivity index is 1.71. The van der Waals surface area contributed by atoms with Crippen LogP contribution in [0.25, 0.3) is 0 Å². The van der Waals surface area contributed by atoms with Crippen molar-refractivity contribution in [1.82, 2.24) is 14.4 Å². The monoisotopic (exact) mass is 364 g/mol. The fourth-order valence-corrected chi connectivity index (χ4v) is 5.03. The molecule has 1 fully saturated rings. The molecule has 0 radical (unpaired) electrons. The highest BCUT2D eigenvalue weighted by atomic mass is 32.2. The number of sulfonamides is 1. The zero-order valence-electron chi connectivity index (χ0n) is 14.6. The molecule has 0 spiro atoms. The van der Waals surface area contributed by atoms with Crippen LogP contribution in [0.3, 0.4) is 0 Å². The summed E-state index contributed by atoms with van der Waals surface area (Å²) >= 11 is 0. The number of nitrogen functional groups attached to an aromatic ring is 1. The maximum atomic E-state index is 12.9. The van der Waals surface area contributed by atoms with Gasteiger partial charge < -0.3 is 10.3 Å². The Hall–Kier alpha value is -1.90. The molecule has 1 aromatic carbocycles. The molecule has 0 amide bonds. The van der Waals surface area contributed by atoms with Gasteiger partial charge >= 0.3 is 0 Å². The van der Waals surface area contributed by atoms with E-state index in [9.17, 15) is 8.42 Å². The van der Waals surface area contributed by atoms with Crippen LogP contribution >= 0.6 is 0 Å². The Morgan fingerprint density at radius 3 is 2.68 bits per heavy atom. The van der Waals surface area contributed by atoms with Crippen LogP contribution in [-0.2, 0) is 16.6 Å². The van der Waals surface area contributed by atoms with Gasteiger partial charge in [-0.3, -0.25) is 4.90 Å². The van der Waals surface area contributed by atoms with E-state index < -0.39 is 10.0 Å². The molecular weight excluding hydrogens is 340 g/mol. The van der Waals surface area contributed by atoms with Crippen molar-refractivity contribution in [2.24, 2.45) is 0 Å². The van der Waals surface area contributed by atoms with E-state index in [1.165, 1.54) is 0 Å². The fraction of sp³-hybridized carbons (Fsp3) is 0.471. The minimum atomic E-state index is -3.58. The van der Waals surface area contributed by atoms with Crippen LogP contribution in [0.2, 0.25) is 0 Å². The second kappa shape index (κ2) is 7.15. The molecule has 1 aromatic heterocycles. The third-order valence-corrected chi connectivity index (χ3v) is 6.61. The van der Waals surface area contributed by atoms with Gasteiger partial charge in [0.05, 0.1) is 0 Å². The van der Waals surface area contributed by atoms with E-state index in [4.69, 9.17) is 10.3 Å². The molecule has 3 rings (SSSR count). The number of hydrogen-bond donors (Lipinski definition) is 1. The van der Waals surface area contributed by atoms with Crippen molar-refractivity contribution in [3.05, 3.63) is 41.3 Å². The van der Waals surface area contributed by atoms with E-state index >= 15 is 0 Å². The summed E-state index contributed by atoms with van der Waals surface area (Å²) in [6, 6.07) is 7.81. The molecule has 8 heteroatoms. The highest BCUT2D eigenvalue weighted by molar-refractivity contribution is 7.89. The van der Waals surface area contributed by atoms with Crippen molar-refractivity contribution in [1.29, 1.82) is 0 Å². The summed E-state index contributed by atoms with van der Waals surface area (Å²) in [4.78, 5) is 2.47. The predicted octanol–water partition coefficient (Wildman–Crippen LogP) is 1.77. The summed E-state index contributed by atoms with van der Waals surface area (Å²) in [6.45, 7) is 6.54. The Kier molecular flexibility index (Phi) is 5.12. The lowest BCUT2D eigenvalue weighted by Crippen LogP contribution is -2.35. The third-order valence-electron chi connectivity index (χ3n) is 4.47. The molecule has 1 aliphatic rings. The lowest BCUT2D eigenvalue weighted by atomic mass is 10.2. The van der Waals surface area contributed by atoms with Crippen LogP contribution in [-0.4, -0.2) is 49.0 Å². The molecule has 0 saturated carbocycles. The van der Waals surface area contributed by atoms with Crippen molar-refractivity contribution in [3.8, 4) is 0 Å². The molecule has 25 heavy (non-hydrogen) atoms. The smallest absolute Gasteiger partial charge is 0.248 e. The van der Waals surface area contributed by atoms with E-state index in [1.807, 2.05) is 24.3 Å². The standard InChI is InChI=1S/C17H24N4O3S/c1-13-17(14(2)24-19-13)25(22,23)21-8-4-7-20(9-10-21)12-15-5-3-6-16(18)11-15/h3,5-6,11H,4,7-10,12,18H2,1-2H3. The van der Waals surface area contributed by atoms with Gasteiger partial charge in [-0.1, -0.05) is 17.3 Å². The SMILES string of the molecule is Cc1noc(C)c1S(=O)(=O)N1CCCN(Cc2cccc(N)c2)CC1. The summed E-state index contributed by atoms with van der Waals surface area (Å²) in [5, 5.41) is 3.78. The van der Waals surface area contributed by atoms with Crippen molar-refractivity contribution in [2.75, 3.05) is 31.9 Å². The predicted molar refractivity (Wildman–Crippen MR) is 95.5 cm³/mol. The Bertz CT molecular complexity index is 828. The zero-order valence-corrected chi connectivity index (χ0v) is 15.4. The number of hydrogen-bond acceptors (Lipinski definition) is 6. The Morgan fingerprint density at radius 1 is 1.20 bits per heavy atom. The number of aryl methyl sites for hydroxylation is 2. The first-order valence-corrected chi connectivity index (χ1v) is 9.82. The van der Waals surface area contributed by atoms with Gasteiger partial charge in [0.2, 0.25) is 10.0 Å². The molecule has 2 aromatic rings. The topological polar surface area (TPSA) is 92.7 Å². The van der Waals surface area contributed by atoms with Crippen LogP contribution in [0, 0.1) is 13.8 Å². The first kappa shape index (κ1) is 17.9.